The molecule has 0 saturated carbocycles. The smallest absolute Gasteiger partial charge is 0.334 e. The monoisotopic (exact) mass is 284 g/mol. The fourth-order valence-corrected chi connectivity index (χ4v) is 1.40. The third-order valence-electron chi connectivity index (χ3n) is 1.87. The van der Waals surface area contributed by atoms with E-state index in [9.17, 15) is 9.90 Å². The Bertz CT molecular complexity index is 189. The van der Waals surface area contributed by atoms with E-state index in [0.29, 0.717) is 0 Å². The number of aliphatic hydroxyl groups excluding tert-OH is 1. The fourth-order valence-electron chi connectivity index (χ4n) is 0.768. The van der Waals surface area contributed by atoms with Crippen LogP contribution in [-0.2, 0) is 4.79 Å². The number of halogens is 1. The van der Waals surface area contributed by atoms with E-state index in [1.807, 2.05) is 36.4 Å². The molecular weight excluding hydrogens is 271 g/mol. The molecule has 0 aromatic carbocycles. The first-order valence-electron chi connectivity index (χ1n) is 3.76. The minimum absolute atomic E-state index is 0.0119. The second-order valence-electron chi connectivity index (χ2n) is 2.70. The number of rotatable bonds is 4. The Morgan fingerprint density at radius 2 is 2.17 bits per heavy atom. The zero-order chi connectivity index (χ0) is 9.72. The minimum Gasteiger partial charge on any atom is -0.478 e. The lowest BCUT2D eigenvalue weighted by molar-refractivity contribution is -0.134. The average molecular weight is 284 g/mol. The lowest BCUT2D eigenvalue weighted by Crippen LogP contribution is -2.24. The third kappa shape index (κ3) is 3.10. The van der Waals surface area contributed by atoms with Crippen LogP contribution in [-0.4, -0.2) is 22.3 Å². The molecule has 0 fully saturated rings. The van der Waals surface area contributed by atoms with Gasteiger partial charge >= 0.3 is 5.97 Å². The highest BCUT2D eigenvalue weighted by Crippen LogP contribution is 2.17. The van der Waals surface area contributed by atoms with Crippen molar-refractivity contribution in [3.63, 3.8) is 0 Å². The van der Waals surface area contributed by atoms with Gasteiger partial charge in [-0.2, -0.15) is 0 Å². The summed E-state index contributed by atoms with van der Waals surface area (Å²) in [6.45, 7) is 3.74. The van der Waals surface area contributed by atoms with Crippen LogP contribution in [0.2, 0.25) is 0 Å². The highest BCUT2D eigenvalue weighted by atomic mass is 127. The molecule has 4 heteroatoms. The van der Waals surface area contributed by atoms with Crippen LogP contribution in [0.5, 0.6) is 0 Å². The lowest BCUT2D eigenvalue weighted by atomic mass is 9.96. The molecule has 0 saturated heterocycles. The van der Waals surface area contributed by atoms with E-state index in [2.05, 4.69) is 0 Å². The first-order valence-corrected chi connectivity index (χ1v) is 5.00. The number of aliphatic carboxylic acids is 1. The van der Waals surface area contributed by atoms with Gasteiger partial charge in [0, 0.05) is 0 Å². The van der Waals surface area contributed by atoms with Crippen molar-refractivity contribution >= 4 is 28.6 Å². The van der Waals surface area contributed by atoms with Crippen molar-refractivity contribution in [3.05, 3.63) is 9.66 Å². The Kier molecular flexibility index (Phi) is 5.48. The molecule has 70 valence electrons. The number of aliphatic hydroxyl groups is 1. The molecular formula is C8H13IO3. The van der Waals surface area contributed by atoms with Crippen molar-refractivity contribution < 1.29 is 15.0 Å². The van der Waals surface area contributed by atoms with Gasteiger partial charge in [0.15, 0.2) is 0 Å². The summed E-state index contributed by atoms with van der Waals surface area (Å²) in [5, 5.41) is 18.1. The van der Waals surface area contributed by atoms with E-state index in [1.54, 1.807) is 0 Å². The van der Waals surface area contributed by atoms with Crippen LogP contribution < -0.4 is 0 Å². The summed E-state index contributed by atoms with van der Waals surface area (Å²) in [7, 11) is 0. The molecule has 2 atom stereocenters. The molecule has 0 heterocycles. The molecule has 0 aliphatic heterocycles. The van der Waals surface area contributed by atoms with Crippen LogP contribution in [0.1, 0.15) is 20.3 Å². The molecule has 0 amide bonds. The molecule has 3 nitrogen and oxygen atoms in total. The highest BCUT2D eigenvalue weighted by Gasteiger charge is 2.21. The van der Waals surface area contributed by atoms with E-state index in [4.69, 9.17) is 5.11 Å². The normalized spacial score (nSPS) is 17.2. The van der Waals surface area contributed by atoms with Gasteiger partial charge in [0.1, 0.15) is 0 Å². The minimum atomic E-state index is -1.04. The summed E-state index contributed by atoms with van der Waals surface area (Å²) in [6, 6.07) is 0. The zero-order valence-electron chi connectivity index (χ0n) is 7.12. The lowest BCUT2D eigenvalue weighted by Gasteiger charge is -2.16. The first-order chi connectivity index (χ1) is 5.54. The molecule has 0 aliphatic rings. The van der Waals surface area contributed by atoms with Crippen molar-refractivity contribution in [2.75, 3.05) is 0 Å². The molecule has 0 aliphatic carbocycles. The van der Waals surface area contributed by atoms with Gasteiger partial charge in [-0.25, -0.2) is 4.79 Å². The summed E-state index contributed by atoms with van der Waals surface area (Å²) < 4.78 is 1.41. The van der Waals surface area contributed by atoms with Gasteiger partial charge < -0.3 is 10.2 Å². The van der Waals surface area contributed by atoms with Crippen molar-refractivity contribution in [1.82, 2.24) is 0 Å². The molecule has 2 unspecified atom stereocenters. The predicted molar refractivity (Wildman–Crippen MR) is 55.2 cm³/mol. The van der Waals surface area contributed by atoms with Crippen molar-refractivity contribution in [2.45, 2.75) is 26.4 Å². The van der Waals surface area contributed by atoms with E-state index >= 15 is 0 Å². The predicted octanol–water partition coefficient (Wildman–Crippen LogP) is 1.80. The maximum Gasteiger partial charge on any atom is 0.334 e. The van der Waals surface area contributed by atoms with E-state index in [0.717, 1.165) is 6.42 Å². The van der Waals surface area contributed by atoms with Crippen molar-refractivity contribution in [1.29, 1.82) is 0 Å². The second-order valence-corrected chi connectivity index (χ2v) is 3.32. The van der Waals surface area contributed by atoms with Crippen LogP contribution in [0.3, 0.4) is 0 Å². The van der Waals surface area contributed by atoms with Gasteiger partial charge in [-0.15, -0.1) is 0 Å². The zero-order valence-corrected chi connectivity index (χ0v) is 9.28. The SMILES string of the molecule is CCC(C)C(O)/C(=C\I)C(=O)O. The third-order valence-corrected chi connectivity index (χ3v) is 2.54. The van der Waals surface area contributed by atoms with Crippen molar-refractivity contribution in [3.8, 4) is 0 Å². The fraction of sp³-hybridized carbons (Fsp3) is 0.625. The van der Waals surface area contributed by atoms with E-state index in [-0.39, 0.29) is 11.5 Å². The number of carboxylic acid groups (broad SMARTS) is 1. The van der Waals surface area contributed by atoms with Crippen LogP contribution >= 0.6 is 22.6 Å². The highest BCUT2D eigenvalue weighted by molar-refractivity contribution is 14.1. The maximum absolute atomic E-state index is 10.6. The number of hydrogen-bond acceptors (Lipinski definition) is 2. The Labute approximate surface area is 85.6 Å². The summed E-state index contributed by atoms with van der Waals surface area (Å²) >= 11 is 1.83. The van der Waals surface area contributed by atoms with Crippen LogP contribution in [0.15, 0.2) is 9.66 Å². The van der Waals surface area contributed by atoms with Crippen molar-refractivity contribution in [2.24, 2.45) is 5.92 Å². The molecule has 0 aromatic rings. The number of carboxylic acids is 1. The molecule has 0 spiro atoms. The largest absolute Gasteiger partial charge is 0.478 e. The van der Waals surface area contributed by atoms with Crippen LogP contribution in [0.25, 0.3) is 0 Å². The summed E-state index contributed by atoms with van der Waals surface area (Å²) in [5.41, 5.74) is 0.0740. The Balaban J connectivity index is 4.43. The molecule has 12 heavy (non-hydrogen) atoms. The molecule has 0 radical (unpaired) electrons. The Morgan fingerprint density at radius 3 is 2.42 bits per heavy atom. The molecule has 2 N–H and O–H groups in total. The van der Waals surface area contributed by atoms with Gasteiger partial charge in [0.2, 0.25) is 0 Å². The maximum atomic E-state index is 10.6. The van der Waals surface area contributed by atoms with Gasteiger partial charge in [0.05, 0.1) is 11.7 Å². The second kappa shape index (κ2) is 5.53. The van der Waals surface area contributed by atoms with Gasteiger partial charge in [-0.05, 0) is 10.0 Å². The molecule has 0 aromatic heterocycles. The van der Waals surface area contributed by atoms with Crippen LogP contribution in [0.4, 0.5) is 0 Å². The summed E-state index contributed by atoms with van der Waals surface area (Å²) in [5.74, 6) is -1.06. The quantitative estimate of drug-likeness (QED) is 0.611. The van der Waals surface area contributed by atoms with Gasteiger partial charge in [-0.3, -0.25) is 0 Å². The summed E-state index contributed by atoms with van der Waals surface area (Å²) in [4.78, 5) is 10.6. The average Bonchev–Trinajstić information content (AvgIpc) is 2.03. The van der Waals surface area contributed by atoms with E-state index < -0.39 is 12.1 Å². The molecule has 0 bridgehead atoms. The molecule has 0 rings (SSSR count). The van der Waals surface area contributed by atoms with Crippen LogP contribution in [0, 0.1) is 5.92 Å². The first kappa shape index (κ1) is 11.9. The topological polar surface area (TPSA) is 57.5 Å². The van der Waals surface area contributed by atoms with Gasteiger partial charge in [-0.1, -0.05) is 42.9 Å². The summed E-state index contributed by atoms with van der Waals surface area (Å²) in [6.07, 6.45) is -0.0907. The van der Waals surface area contributed by atoms with E-state index in [1.165, 1.54) is 4.08 Å². The Morgan fingerprint density at radius 1 is 1.67 bits per heavy atom. The standard InChI is InChI=1S/C8H13IO3/c1-3-5(2)7(10)6(4-9)8(11)12/h4-5,7,10H,3H2,1-2H3,(H,11,12)/b6-4+. The van der Waals surface area contributed by atoms with Gasteiger partial charge in [0.25, 0.3) is 0 Å². The Hall–Kier alpha value is -0.100. The number of carbonyl (C=O) groups is 1. The number of hydrogen-bond donors (Lipinski definition) is 2.